The Bertz CT molecular complexity index is 431. The van der Waals surface area contributed by atoms with E-state index in [1.165, 1.54) is 11.1 Å². The van der Waals surface area contributed by atoms with Gasteiger partial charge in [-0.15, -0.1) is 0 Å². The molecular formula is C15H22BrNO2. The number of fused-ring (bicyclic) bond motifs is 1. The van der Waals surface area contributed by atoms with Gasteiger partial charge in [-0.3, -0.25) is 4.90 Å². The number of aliphatic hydroxyl groups is 1. The minimum Gasteiger partial charge on any atom is -0.496 e. The molecule has 0 spiro atoms. The first kappa shape index (κ1) is 14.8. The zero-order valence-corrected chi connectivity index (χ0v) is 13.4. The normalized spacial score (nSPS) is 17.4. The summed E-state index contributed by atoms with van der Waals surface area (Å²) in [7, 11) is 1.71. The fourth-order valence-electron chi connectivity index (χ4n) is 2.46. The molecule has 0 amide bonds. The molecule has 0 aromatic heterocycles. The number of aliphatic hydroxyl groups excluding tert-OH is 1. The Hall–Kier alpha value is -0.580. The van der Waals surface area contributed by atoms with E-state index in [4.69, 9.17) is 4.74 Å². The molecule has 0 saturated carbocycles. The van der Waals surface area contributed by atoms with Crippen molar-refractivity contribution in [2.45, 2.75) is 32.9 Å². The summed E-state index contributed by atoms with van der Waals surface area (Å²) < 4.78 is 6.54. The lowest BCUT2D eigenvalue weighted by Crippen LogP contribution is -2.38. The van der Waals surface area contributed by atoms with Crippen LogP contribution in [0.1, 0.15) is 25.0 Å². The van der Waals surface area contributed by atoms with E-state index in [1.54, 1.807) is 7.11 Å². The summed E-state index contributed by atoms with van der Waals surface area (Å²) in [5.74, 6) is 1.24. The lowest BCUT2D eigenvalue weighted by molar-refractivity contribution is 0.0705. The maximum atomic E-state index is 10.0. The van der Waals surface area contributed by atoms with E-state index in [0.717, 1.165) is 36.3 Å². The highest BCUT2D eigenvalue weighted by atomic mass is 79.9. The predicted molar refractivity (Wildman–Crippen MR) is 80.5 cm³/mol. The number of halogens is 1. The molecule has 1 heterocycles. The summed E-state index contributed by atoms with van der Waals surface area (Å²) in [6, 6.07) is 4.19. The van der Waals surface area contributed by atoms with Gasteiger partial charge in [0.25, 0.3) is 0 Å². The van der Waals surface area contributed by atoms with E-state index in [1.807, 2.05) is 6.07 Å². The van der Waals surface area contributed by atoms with Crippen LogP contribution in [0, 0.1) is 5.92 Å². The molecule has 1 aliphatic rings. The fourth-order valence-corrected chi connectivity index (χ4v) is 2.95. The molecule has 4 heteroatoms. The maximum absolute atomic E-state index is 10.0. The van der Waals surface area contributed by atoms with Crippen LogP contribution in [-0.2, 0) is 13.0 Å². The van der Waals surface area contributed by atoms with Gasteiger partial charge in [0, 0.05) is 29.7 Å². The molecule has 1 aliphatic heterocycles. The molecule has 1 atom stereocenters. The molecule has 0 fully saturated rings. The van der Waals surface area contributed by atoms with Crippen molar-refractivity contribution < 1.29 is 9.84 Å². The van der Waals surface area contributed by atoms with E-state index < -0.39 is 0 Å². The molecule has 0 radical (unpaired) electrons. The summed E-state index contributed by atoms with van der Waals surface area (Å²) >= 11 is 3.52. The van der Waals surface area contributed by atoms with Gasteiger partial charge < -0.3 is 9.84 Å². The number of rotatable bonds is 4. The lowest BCUT2D eigenvalue weighted by atomic mass is 9.97. The van der Waals surface area contributed by atoms with Crippen LogP contribution >= 0.6 is 15.9 Å². The quantitative estimate of drug-likeness (QED) is 0.923. The molecule has 1 N–H and O–H groups in total. The van der Waals surface area contributed by atoms with Crippen molar-refractivity contribution in [3.8, 4) is 5.75 Å². The van der Waals surface area contributed by atoms with E-state index in [2.05, 4.69) is 40.7 Å². The zero-order chi connectivity index (χ0) is 14.0. The summed E-state index contributed by atoms with van der Waals surface area (Å²) in [6.07, 6.45) is 0.749. The summed E-state index contributed by atoms with van der Waals surface area (Å²) in [6.45, 7) is 6.70. The summed E-state index contributed by atoms with van der Waals surface area (Å²) in [4.78, 5) is 2.31. The molecular weight excluding hydrogens is 306 g/mol. The molecule has 19 heavy (non-hydrogen) atoms. The Kier molecular flexibility index (Phi) is 4.87. The van der Waals surface area contributed by atoms with Crippen LogP contribution in [0.5, 0.6) is 5.75 Å². The Morgan fingerprint density at radius 2 is 2.16 bits per heavy atom. The van der Waals surface area contributed by atoms with Crippen LogP contribution in [0.15, 0.2) is 16.6 Å². The zero-order valence-electron chi connectivity index (χ0n) is 11.8. The van der Waals surface area contributed by atoms with Gasteiger partial charge in [-0.1, -0.05) is 29.8 Å². The first-order chi connectivity index (χ1) is 9.01. The van der Waals surface area contributed by atoms with Gasteiger partial charge in [-0.2, -0.15) is 0 Å². The Labute approximate surface area is 123 Å². The van der Waals surface area contributed by atoms with Crippen molar-refractivity contribution in [2.75, 3.05) is 20.2 Å². The number of nitrogens with zero attached hydrogens (tertiary/aromatic N) is 1. The van der Waals surface area contributed by atoms with Crippen molar-refractivity contribution in [3.05, 3.63) is 27.7 Å². The molecule has 3 nitrogen and oxygen atoms in total. The number of methoxy groups -OCH3 is 1. The van der Waals surface area contributed by atoms with Crippen molar-refractivity contribution >= 4 is 15.9 Å². The number of hydrogen-bond donors (Lipinski definition) is 1. The van der Waals surface area contributed by atoms with Crippen LogP contribution in [0.3, 0.4) is 0 Å². The molecule has 2 rings (SSSR count). The van der Waals surface area contributed by atoms with Gasteiger partial charge in [-0.25, -0.2) is 0 Å². The van der Waals surface area contributed by atoms with Gasteiger partial charge in [0.1, 0.15) is 5.75 Å². The van der Waals surface area contributed by atoms with Crippen molar-refractivity contribution in [1.82, 2.24) is 4.90 Å². The fraction of sp³-hybridized carbons (Fsp3) is 0.600. The average Bonchev–Trinajstić information content (AvgIpc) is 2.37. The second-order valence-corrected chi connectivity index (χ2v) is 6.46. The first-order valence-electron chi connectivity index (χ1n) is 6.77. The average molecular weight is 328 g/mol. The topological polar surface area (TPSA) is 32.7 Å². The second-order valence-electron chi connectivity index (χ2n) is 5.54. The third-order valence-electron chi connectivity index (χ3n) is 3.78. The van der Waals surface area contributed by atoms with Crippen LogP contribution in [0.25, 0.3) is 0 Å². The Morgan fingerprint density at radius 3 is 2.79 bits per heavy atom. The molecule has 0 bridgehead atoms. The lowest BCUT2D eigenvalue weighted by Gasteiger charge is -2.32. The van der Waals surface area contributed by atoms with Crippen molar-refractivity contribution in [1.29, 1.82) is 0 Å². The van der Waals surface area contributed by atoms with Gasteiger partial charge in [0.05, 0.1) is 13.2 Å². The Morgan fingerprint density at radius 1 is 1.42 bits per heavy atom. The molecule has 106 valence electrons. The van der Waals surface area contributed by atoms with Gasteiger partial charge in [0.2, 0.25) is 0 Å². The van der Waals surface area contributed by atoms with E-state index in [9.17, 15) is 5.11 Å². The largest absolute Gasteiger partial charge is 0.496 e. The van der Waals surface area contributed by atoms with E-state index in [0.29, 0.717) is 5.92 Å². The molecule has 0 saturated heterocycles. The number of β-amino-alcohol motifs (C(OH)–C–C–N with tert-alkyl or cyclic N) is 1. The number of hydrogen-bond acceptors (Lipinski definition) is 3. The number of ether oxygens (including phenoxy) is 1. The van der Waals surface area contributed by atoms with Crippen molar-refractivity contribution in [2.24, 2.45) is 5.92 Å². The molecule has 0 aliphatic carbocycles. The van der Waals surface area contributed by atoms with E-state index in [-0.39, 0.29) is 6.10 Å². The standard InChI is InChI=1S/C15H22BrNO2/c1-10(2)14(18)9-17-5-4-11-6-12(16)7-15(19-3)13(11)8-17/h6-7,10,14,18H,4-5,8-9H2,1-3H3. The van der Waals surface area contributed by atoms with Crippen LogP contribution in [-0.4, -0.2) is 36.3 Å². The highest BCUT2D eigenvalue weighted by Crippen LogP contribution is 2.32. The van der Waals surface area contributed by atoms with Gasteiger partial charge >= 0.3 is 0 Å². The SMILES string of the molecule is COc1cc(Br)cc2c1CN(CC(O)C(C)C)CC2. The van der Waals surface area contributed by atoms with Crippen LogP contribution in [0.4, 0.5) is 0 Å². The minimum absolute atomic E-state index is 0.261. The second kappa shape index (κ2) is 6.25. The molecule has 1 unspecified atom stereocenters. The van der Waals surface area contributed by atoms with Crippen molar-refractivity contribution in [3.63, 3.8) is 0 Å². The van der Waals surface area contributed by atoms with Gasteiger partial charge in [-0.05, 0) is 30.0 Å². The van der Waals surface area contributed by atoms with E-state index >= 15 is 0 Å². The van der Waals surface area contributed by atoms with Crippen LogP contribution in [0.2, 0.25) is 0 Å². The number of benzene rings is 1. The highest BCUT2D eigenvalue weighted by Gasteiger charge is 2.23. The van der Waals surface area contributed by atoms with Gasteiger partial charge in [0.15, 0.2) is 0 Å². The first-order valence-corrected chi connectivity index (χ1v) is 7.56. The highest BCUT2D eigenvalue weighted by molar-refractivity contribution is 9.10. The third kappa shape index (κ3) is 3.50. The minimum atomic E-state index is -0.261. The molecule has 1 aromatic carbocycles. The smallest absolute Gasteiger partial charge is 0.124 e. The molecule has 1 aromatic rings. The predicted octanol–water partition coefficient (Wildman–Crippen LogP) is 2.83. The third-order valence-corrected chi connectivity index (χ3v) is 4.24. The summed E-state index contributed by atoms with van der Waals surface area (Å²) in [5, 5.41) is 10.0. The monoisotopic (exact) mass is 327 g/mol. The maximum Gasteiger partial charge on any atom is 0.124 e. The Balaban J connectivity index is 2.14. The van der Waals surface area contributed by atoms with Crippen LogP contribution < -0.4 is 4.74 Å². The summed E-state index contributed by atoms with van der Waals surface area (Å²) in [5.41, 5.74) is 2.61.